The monoisotopic (exact) mass is 273 g/mol. The number of anilines is 1. The first-order valence-corrected chi connectivity index (χ1v) is 7.81. The van der Waals surface area contributed by atoms with E-state index < -0.39 is 0 Å². The summed E-state index contributed by atoms with van der Waals surface area (Å²) in [5, 5.41) is 4.52. The lowest BCUT2D eigenvalue weighted by Gasteiger charge is -2.25. The third-order valence-corrected chi connectivity index (χ3v) is 4.29. The fourth-order valence-corrected chi connectivity index (χ4v) is 3.36. The van der Waals surface area contributed by atoms with Gasteiger partial charge in [0.05, 0.1) is 6.04 Å². The largest absolute Gasteiger partial charge is 0.353 e. The van der Waals surface area contributed by atoms with Gasteiger partial charge in [-0.2, -0.15) is 4.37 Å². The van der Waals surface area contributed by atoms with Crippen LogP contribution in [0.2, 0.25) is 0 Å². The van der Waals surface area contributed by atoms with Crippen molar-refractivity contribution in [2.24, 2.45) is 0 Å². The van der Waals surface area contributed by atoms with Crippen molar-refractivity contribution in [3.8, 4) is 0 Å². The number of fused-ring (bicyclic) bond motifs is 1. The molecule has 4 heteroatoms. The summed E-state index contributed by atoms with van der Waals surface area (Å²) >= 11 is 1.49. The molecule has 19 heavy (non-hydrogen) atoms. The van der Waals surface area contributed by atoms with Crippen LogP contribution in [-0.2, 0) is 12.8 Å². The smallest absolute Gasteiger partial charge is 0.203 e. The van der Waals surface area contributed by atoms with Crippen molar-refractivity contribution in [2.45, 2.75) is 45.1 Å². The normalized spacial score (nSPS) is 18.1. The molecule has 1 aromatic heterocycles. The van der Waals surface area contributed by atoms with Crippen LogP contribution in [0.1, 0.15) is 49.2 Å². The Hall–Kier alpha value is -1.42. The number of rotatable bonds is 4. The van der Waals surface area contributed by atoms with Gasteiger partial charge in [0.15, 0.2) is 0 Å². The molecule has 100 valence electrons. The molecule has 0 amide bonds. The fraction of sp³-hybridized carbons (Fsp3) is 0.467. The number of aryl methyl sites for hydroxylation is 2. The van der Waals surface area contributed by atoms with Crippen LogP contribution in [-0.4, -0.2) is 9.36 Å². The van der Waals surface area contributed by atoms with Gasteiger partial charge in [0.2, 0.25) is 5.13 Å². The third-order valence-electron chi connectivity index (χ3n) is 3.61. The zero-order valence-corrected chi connectivity index (χ0v) is 12.0. The maximum atomic E-state index is 4.56. The van der Waals surface area contributed by atoms with Gasteiger partial charge in [-0.05, 0) is 36.8 Å². The van der Waals surface area contributed by atoms with E-state index in [-0.39, 0.29) is 0 Å². The Balaban J connectivity index is 1.76. The number of aromatic nitrogens is 2. The van der Waals surface area contributed by atoms with E-state index in [4.69, 9.17) is 0 Å². The minimum absolute atomic E-state index is 0.396. The number of nitrogens with zero attached hydrogens (tertiary/aromatic N) is 2. The van der Waals surface area contributed by atoms with Crippen LogP contribution in [0.3, 0.4) is 0 Å². The van der Waals surface area contributed by atoms with Gasteiger partial charge < -0.3 is 5.32 Å². The van der Waals surface area contributed by atoms with Crippen LogP contribution in [0.5, 0.6) is 0 Å². The minimum Gasteiger partial charge on any atom is -0.353 e. The summed E-state index contributed by atoms with van der Waals surface area (Å²) in [4.78, 5) is 4.56. The molecule has 1 aliphatic rings. The Morgan fingerprint density at radius 3 is 3.16 bits per heavy atom. The van der Waals surface area contributed by atoms with Crippen molar-refractivity contribution in [1.82, 2.24) is 9.36 Å². The van der Waals surface area contributed by atoms with Crippen molar-refractivity contribution in [1.29, 1.82) is 0 Å². The average Bonchev–Trinajstić information content (AvgIpc) is 2.87. The van der Waals surface area contributed by atoms with E-state index in [0.717, 1.165) is 23.8 Å². The summed E-state index contributed by atoms with van der Waals surface area (Å²) in [6.45, 7) is 2.16. The molecule has 1 heterocycles. The molecular weight excluding hydrogens is 254 g/mol. The van der Waals surface area contributed by atoms with Crippen molar-refractivity contribution in [2.75, 3.05) is 5.32 Å². The van der Waals surface area contributed by atoms with Gasteiger partial charge in [-0.25, -0.2) is 4.98 Å². The topological polar surface area (TPSA) is 37.8 Å². The first-order valence-electron chi connectivity index (χ1n) is 7.03. The summed E-state index contributed by atoms with van der Waals surface area (Å²) < 4.78 is 4.40. The second-order valence-corrected chi connectivity index (χ2v) is 5.81. The Morgan fingerprint density at radius 1 is 1.37 bits per heavy atom. The van der Waals surface area contributed by atoms with E-state index in [1.807, 2.05) is 0 Å². The van der Waals surface area contributed by atoms with Crippen LogP contribution < -0.4 is 5.32 Å². The molecule has 0 spiro atoms. The highest BCUT2D eigenvalue weighted by Gasteiger charge is 2.20. The molecule has 1 aromatic carbocycles. The molecule has 1 atom stereocenters. The van der Waals surface area contributed by atoms with Gasteiger partial charge in [-0.1, -0.05) is 31.2 Å². The van der Waals surface area contributed by atoms with Gasteiger partial charge in [0, 0.05) is 18.0 Å². The van der Waals surface area contributed by atoms with Crippen molar-refractivity contribution < 1.29 is 0 Å². The molecule has 1 N–H and O–H groups in total. The van der Waals surface area contributed by atoms with Crippen molar-refractivity contribution in [3.05, 3.63) is 41.2 Å². The second kappa shape index (κ2) is 5.70. The summed E-state index contributed by atoms with van der Waals surface area (Å²) in [6, 6.07) is 9.13. The van der Waals surface area contributed by atoms with E-state index in [1.165, 1.54) is 41.9 Å². The third kappa shape index (κ3) is 2.78. The molecule has 3 rings (SSSR count). The van der Waals surface area contributed by atoms with Crippen LogP contribution >= 0.6 is 11.5 Å². The highest BCUT2D eigenvalue weighted by atomic mass is 32.1. The van der Waals surface area contributed by atoms with Crippen molar-refractivity contribution >= 4 is 16.7 Å². The Bertz CT molecular complexity index is 550. The van der Waals surface area contributed by atoms with E-state index in [2.05, 4.69) is 45.9 Å². The number of nitrogens with one attached hydrogen (secondary N) is 1. The molecule has 0 fully saturated rings. The Kier molecular flexibility index (Phi) is 3.78. The van der Waals surface area contributed by atoms with Crippen LogP contribution in [0.4, 0.5) is 5.13 Å². The van der Waals surface area contributed by atoms with Gasteiger partial charge in [-0.15, -0.1) is 0 Å². The zero-order valence-electron chi connectivity index (χ0n) is 11.2. The molecule has 0 aliphatic heterocycles. The molecule has 0 saturated heterocycles. The number of benzene rings is 1. The quantitative estimate of drug-likeness (QED) is 0.915. The van der Waals surface area contributed by atoms with Crippen molar-refractivity contribution in [3.63, 3.8) is 0 Å². The first kappa shape index (κ1) is 12.6. The van der Waals surface area contributed by atoms with Crippen LogP contribution in [0.25, 0.3) is 0 Å². The highest BCUT2D eigenvalue weighted by Crippen LogP contribution is 2.32. The van der Waals surface area contributed by atoms with E-state index >= 15 is 0 Å². The SMILES string of the molecule is CCCc1nsc(NC2CCCc3ccccc32)n1. The van der Waals surface area contributed by atoms with Crippen LogP contribution in [0, 0.1) is 0 Å². The summed E-state index contributed by atoms with van der Waals surface area (Å²) in [6.07, 6.45) is 5.70. The Labute approximate surface area is 118 Å². The van der Waals surface area contributed by atoms with Crippen LogP contribution in [0.15, 0.2) is 24.3 Å². The second-order valence-electron chi connectivity index (χ2n) is 5.05. The lowest BCUT2D eigenvalue weighted by Crippen LogP contribution is -2.17. The predicted molar refractivity (Wildman–Crippen MR) is 79.6 cm³/mol. The average molecular weight is 273 g/mol. The zero-order chi connectivity index (χ0) is 13.1. The maximum absolute atomic E-state index is 4.56. The highest BCUT2D eigenvalue weighted by molar-refractivity contribution is 7.09. The maximum Gasteiger partial charge on any atom is 0.203 e. The summed E-state index contributed by atoms with van der Waals surface area (Å²) in [5.41, 5.74) is 2.91. The predicted octanol–water partition coefficient (Wildman–Crippen LogP) is 3.98. The minimum atomic E-state index is 0.396. The molecule has 1 unspecified atom stereocenters. The van der Waals surface area contributed by atoms with Gasteiger partial charge in [0.25, 0.3) is 0 Å². The van der Waals surface area contributed by atoms with Gasteiger partial charge in [0.1, 0.15) is 5.82 Å². The molecule has 0 saturated carbocycles. The fourth-order valence-electron chi connectivity index (χ4n) is 2.69. The summed E-state index contributed by atoms with van der Waals surface area (Å²) in [5.74, 6) is 0.971. The lowest BCUT2D eigenvalue weighted by molar-refractivity contribution is 0.600. The standard InChI is InChI=1S/C15H19N3S/c1-2-6-14-17-15(19-18-14)16-13-10-5-8-11-7-3-4-9-12(11)13/h3-4,7,9,13H,2,5-6,8,10H2,1H3,(H,16,17,18). The van der Waals surface area contributed by atoms with Gasteiger partial charge in [-0.3, -0.25) is 0 Å². The summed E-state index contributed by atoms with van der Waals surface area (Å²) in [7, 11) is 0. The first-order chi connectivity index (χ1) is 9.36. The Morgan fingerprint density at radius 2 is 2.26 bits per heavy atom. The molecular formula is C15H19N3S. The molecule has 0 radical (unpaired) electrons. The van der Waals surface area contributed by atoms with E-state index in [0.29, 0.717) is 6.04 Å². The molecule has 3 nitrogen and oxygen atoms in total. The molecule has 2 aromatic rings. The number of hydrogen-bond donors (Lipinski definition) is 1. The molecule has 0 bridgehead atoms. The van der Waals surface area contributed by atoms with E-state index in [9.17, 15) is 0 Å². The molecule has 1 aliphatic carbocycles. The number of hydrogen-bond acceptors (Lipinski definition) is 4. The van der Waals surface area contributed by atoms with E-state index in [1.54, 1.807) is 0 Å². The van der Waals surface area contributed by atoms with Gasteiger partial charge >= 0.3 is 0 Å². The lowest BCUT2D eigenvalue weighted by atomic mass is 9.88.